The first-order valence-corrected chi connectivity index (χ1v) is 8.38. The lowest BCUT2D eigenvalue weighted by atomic mass is 9.90. The number of likely N-dealkylation sites (tertiary alicyclic amines) is 1. The van der Waals surface area contributed by atoms with E-state index in [1.165, 1.54) is 0 Å². The predicted molar refractivity (Wildman–Crippen MR) is 87.3 cm³/mol. The number of carboxylic acid groups (broad SMARTS) is 1. The number of carboxylic acids is 1. The number of aliphatic carboxylic acids is 1. The molecule has 0 radical (unpaired) electrons. The van der Waals surface area contributed by atoms with E-state index in [2.05, 4.69) is 0 Å². The van der Waals surface area contributed by atoms with E-state index >= 15 is 0 Å². The van der Waals surface area contributed by atoms with Crippen LogP contribution in [0.4, 0.5) is 0 Å². The second kappa shape index (κ2) is 6.71. The second-order valence-electron chi connectivity index (χ2n) is 6.76. The maximum atomic E-state index is 12.3. The van der Waals surface area contributed by atoms with Crippen LogP contribution < -0.4 is 9.47 Å². The molecule has 6 heteroatoms. The van der Waals surface area contributed by atoms with Gasteiger partial charge in [-0.2, -0.15) is 0 Å². The van der Waals surface area contributed by atoms with Crippen LogP contribution in [0.25, 0.3) is 0 Å². The molecule has 0 aliphatic carbocycles. The Hall–Kier alpha value is -2.24. The summed E-state index contributed by atoms with van der Waals surface area (Å²) < 4.78 is 11.3. The van der Waals surface area contributed by atoms with E-state index in [4.69, 9.17) is 9.47 Å². The van der Waals surface area contributed by atoms with E-state index < -0.39 is 11.4 Å². The molecule has 2 aliphatic heterocycles. The molecule has 1 saturated heterocycles. The summed E-state index contributed by atoms with van der Waals surface area (Å²) in [7, 11) is 0. The molecule has 0 saturated carbocycles. The molecule has 0 bridgehead atoms. The summed E-state index contributed by atoms with van der Waals surface area (Å²) in [6.45, 7) is 3.80. The smallest absolute Gasteiger partial charge is 0.311 e. The first kappa shape index (κ1) is 16.6. The molecule has 1 aromatic rings. The zero-order valence-electron chi connectivity index (χ0n) is 13.9. The number of amides is 1. The number of carbonyl (C=O) groups excluding carboxylic acids is 1. The average molecular weight is 333 g/mol. The van der Waals surface area contributed by atoms with Gasteiger partial charge in [-0.1, -0.05) is 6.07 Å². The number of ether oxygens (including phenoxy) is 2. The monoisotopic (exact) mass is 333 g/mol. The molecule has 2 aliphatic rings. The number of carbonyl (C=O) groups is 2. The zero-order chi connectivity index (χ0) is 17.2. The van der Waals surface area contributed by atoms with Gasteiger partial charge < -0.3 is 19.5 Å². The van der Waals surface area contributed by atoms with Crippen molar-refractivity contribution in [2.75, 3.05) is 26.3 Å². The van der Waals surface area contributed by atoms with Gasteiger partial charge in [-0.25, -0.2) is 0 Å². The van der Waals surface area contributed by atoms with Crippen LogP contribution in [0.5, 0.6) is 11.5 Å². The second-order valence-corrected chi connectivity index (χ2v) is 6.76. The SMILES string of the molecule is CC1(C(=O)O)CCN(C(=O)CCc2ccc3c(c2)OCCCO3)C1. The summed E-state index contributed by atoms with van der Waals surface area (Å²) in [6, 6.07) is 5.77. The molecular formula is C18H23NO5. The summed E-state index contributed by atoms with van der Waals surface area (Å²) >= 11 is 0. The number of rotatable bonds is 4. The van der Waals surface area contributed by atoms with Crippen LogP contribution in [0.15, 0.2) is 18.2 Å². The molecule has 1 amide bonds. The normalized spacial score (nSPS) is 23.0. The molecular weight excluding hydrogens is 310 g/mol. The van der Waals surface area contributed by atoms with Gasteiger partial charge in [0.05, 0.1) is 18.6 Å². The fraction of sp³-hybridized carbons (Fsp3) is 0.556. The lowest BCUT2D eigenvalue weighted by Crippen LogP contribution is -2.34. The van der Waals surface area contributed by atoms with Crippen molar-refractivity contribution >= 4 is 11.9 Å². The van der Waals surface area contributed by atoms with Crippen molar-refractivity contribution in [1.82, 2.24) is 4.90 Å². The van der Waals surface area contributed by atoms with Gasteiger partial charge in [-0.3, -0.25) is 9.59 Å². The fourth-order valence-corrected chi connectivity index (χ4v) is 3.12. The van der Waals surface area contributed by atoms with Crippen molar-refractivity contribution in [3.63, 3.8) is 0 Å². The molecule has 6 nitrogen and oxygen atoms in total. The third-order valence-electron chi connectivity index (χ3n) is 4.78. The van der Waals surface area contributed by atoms with E-state index in [1.807, 2.05) is 18.2 Å². The van der Waals surface area contributed by atoms with Gasteiger partial charge in [-0.05, 0) is 37.5 Å². The molecule has 1 aromatic carbocycles. The Morgan fingerprint density at radius 1 is 1.25 bits per heavy atom. The number of aryl methyl sites for hydroxylation is 1. The summed E-state index contributed by atoms with van der Waals surface area (Å²) in [5, 5.41) is 9.25. The summed E-state index contributed by atoms with van der Waals surface area (Å²) in [5.41, 5.74) is 0.207. The van der Waals surface area contributed by atoms with E-state index in [-0.39, 0.29) is 5.91 Å². The van der Waals surface area contributed by atoms with Crippen LogP contribution in [0.3, 0.4) is 0 Å². The first-order chi connectivity index (χ1) is 11.5. The van der Waals surface area contributed by atoms with Gasteiger partial charge in [-0.15, -0.1) is 0 Å². The quantitative estimate of drug-likeness (QED) is 0.913. The van der Waals surface area contributed by atoms with Crippen molar-refractivity contribution in [3.8, 4) is 11.5 Å². The lowest BCUT2D eigenvalue weighted by Gasteiger charge is -2.20. The number of hydrogen-bond donors (Lipinski definition) is 1. The van der Waals surface area contributed by atoms with E-state index in [1.54, 1.807) is 11.8 Å². The van der Waals surface area contributed by atoms with E-state index in [9.17, 15) is 14.7 Å². The highest BCUT2D eigenvalue weighted by Crippen LogP contribution is 2.32. The number of nitrogens with zero attached hydrogens (tertiary/aromatic N) is 1. The average Bonchev–Trinajstić information content (AvgIpc) is 2.83. The van der Waals surface area contributed by atoms with Crippen molar-refractivity contribution in [2.24, 2.45) is 5.41 Å². The van der Waals surface area contributed by atoms with Crippen LogP contribution in [0, 0.1) is 5.41 Å². The third-order valence-corrected chi connectivity index (χ3v) is 4.78. The number of fused-ring (bicyclic) bond motifs is 1. The minimum Gasteiger partial charge on any atom is -0.490 e. The van der Waals surface area contributed by atoms with Gasteiger partial charge in [0, 0.05) is 25.9 Å². The van der Waals surface area contributed by atoms with Crippen molar-refractivity contribution in [3.05, 3.63) is 23.8 Å². The molecule has 24 heavy (non-hydrogen) atoms. The maximum absolute atomic E-state index is 12.3. The Kier molecular flexibility index (Phi) is 4.64. The lowest BCUT2D eigenvalue weighted by molar-refractivity contribution is -0.147. The Bertz CT molecular complexity index is 644. The van der Waals surface area contributed by atoms with Gasteiger partial charge >= 0.3 is 5.97 Å². The zero-order valence-corrected chi connectivity index (χ0v) is 13.9. The number of hydrogen-bond acceptors (Lipinski definition) is 4. The minimum absolute atomic E-state index is 0.00656. The van der Waals surface area contributed by atoms with Gasteiger partial charge in [0.2, 0.25) is 5.91 Å². The summed E-state index contributed by atoms with van der Waals surface area (Å²) in [5.74, 6) is 0.657. The van der Waals surface area contributed by atoms with E-state index in [0.717, 1.165) is 23.5 Å². The molecule has 3 rings (SSSR count). The third kappa shape index (κ3) is 3.47. The Balaban J connectivity index is 1.57. The molecule has 0 aromatic heterocycles. The van der Waals surface area contributed by atoms with Crippen LogP contribution >= 0.6 is 0 Å². The van der Waals surface area contributed by atoms with Crippen LogP contribution in [-0.4, -0.2) is 48.2 Å². The first-order valence-electron chi connectivity index (χ1n) is 8.38. The summed E-state index contributed by atoms with van der Waals surface area (Å²) in [6.07, 6.45) is 2.35. The molecule has 1 N–H and O–H groups in total. The molecule has 0 spiro atoms. The van der Waals surface area contributed by atoms with Crippen molar-refractivity contribution in [1.29, 1.82) is 0 Å². The van der Waals surface area contributed by atoms with Crippen LogP contribution in [-0.2, 0) is 16.0 Å². The fourth-order valence-electron chi connectivity index (χ4n) is 3.12. The highest BCUT2D eigenvalue weighted by Gasteiger charge is 2.41. The Labute approximate surface area is 141 Å². The highest BCUT2D eigenvalue weighted by atomic mass is 16.5. The largest absolute Gasteiger partial charge is 0.490 e. The molecule has 2 heterocycles. The van der Waals surface area contributed by atoms with Crippen LogP contribution in [0.2, 0.25) is 0 Å². The predicted octanol–water partition coefficient (Wildman–Crippen LogP) is 2.10. The Morgan fingerprint density at radius 3 is 2.71 bits per heavy atom. The topological polar surface area (TPSA) is 76.1 Å². The van der Waals surface area contributed by atoms with Gasteiger partial charge in [0.25, 0.3) is 0 Å². The van der Waals surface area contributed by atoms with Crippen molar-refractivity contribution < 1.29 is 24.2 Å². The molecule has 1 fully saturated rings. The molecule has 1 unspecified atom stereocenters. The van der Waals surface area contributed by atoms with E-state index in [0.29, 0.717) is 45.6 Å². The molecule has 130 valence electrons. The Morgan fingerprint density at radius 2 is 2.00 bits per heavy atom. The maximum Gasteiger partial charge on any atom is 0.311 e. The highest BCUT2D eigenvalue weighted by molar-refractivity contribution is 5.80. The van der Waals surface area contributed by atoms with Gasteiger partial charge in [0.1, 0.15) is 0 Å². The van der Waals surface area contributed by atoms with Gasteiger partial charge in [0.15, 0.2) is 11.5 Å². The number of benzene rings is 1. The summed E-state index contributed by atoms with van der Waals surface area (Å²) in [4.78, 5) is 25.3. The van der Waals surface area contributed by atoms with Crippen molar-refractivity contribution in [2.45, 2.75) is 32.6 Å². The van der Waals surface area contributed by atoms with Crippen LogP contribution in [0.1, 0.15) is 31.7 Å². The standard InChI is InChI=1S/C18H23NO5/c1-18(17(21)22)7-8-19(12-18)16(20)6-4-13-3-5-14-15(11-13)24-10-2-9-23-14/h3,5,11H,2,4,6-10,12H2,1H3,(H,21,22). The minimum atomic E-state index is -0.833. The molecule has 1 atom stereocenters.